The molecule has 0 radical (unpaired) electrons. The van der Waals surface area contributed by atoms with Crippen molar-refractivity contribution in [1.82, 2.24) is 10.2 Å². The van der Waals surface area contributed by atoms with Crippen molar-refractivity contribution in [2.45, 2.75) is 19.9 Å². The summed E-state index contributed by atoms with van der Waals surface area (Å²) in [7, 11) is -7.04. The molecule has 0 aromatic carbocycles. The van der Waals surface area contributed by atoms with Gasteiger partial charge < -0.3 is 24.3 Å². The standard InChI is InChI=1S/C7H14NO5P.C4H10NO5P/c1-6(2)8(3-7(10)4-9)5-14(11,12)13;1-10-4(6)2-5-3-11(7,8)9/h4,6H,3,5H2,1-2H3,(H2,11,12,13);5H,2-3H2,1H3,(H2,7,8,9). The highest BCUT2D eigenvalue weighted by Crippen LogP contribution is 2.35. The normalized spacial score (nSPS) is 11.7. The van der Waals surface area contributed by atoms with E-state index in [-0.39, 0.29) is 25.4 Å². The minimum absolute atomic E-state index is 0.148. The molecule has 5 N–H and O–H groups in total. The van der Waals surface area contributed by atoms with E-state index in [0.29, 0.717) is 0 Å². The van der Waals surface area contributed by atoms with Gasteiger partial charge in [-0.25, -0.2) is 0 Å². The van der Waals surface area contributed by atoms with Gasteiger partial charge in [-0.3, -0.25) is 33.7 Å². The van der Waals surface area contributed by atoms with E-state index in [1.807, 2.05) is 0 Å². The molecule has 25 heavy (non-hydrogen) atoms. The maximum Gasteiger partial charge on any atom is 0.339 e. The van der Waals surface area contributed by atoms with Gasteiger partial charge in [-0.2, -0.15) is 0 Å². The second-order valence-electron chi connectivity index (χ2n) is 5.06. The van der Waals surface area contributed by atoms with E-state index in [1.54, 1.807) is 13.8 Å². The lowest BCUT2D eigenvalue weighted by Gasteiger charge is -2.24. The van der Waals surface area contributed by atoms with Crippen molar-refractivity contribution in [3.8, 4) is 0 Å². The predicted octanol–water partition coefficient (Wildman–Crippen LogP) is -1.52. The lowest BCUT2D eigenvalue weighted by molar-refractivity contribution is -0.139. The van der Waals surface area contributed by atoms with Crippen molar-refractivity contribution in [2.75, 3.05) is 32.8 Å². The molecule has 0 rings (SSSR count). The maximum absolute atomic E-state index is 10.7. The van der Waals surface area contributed by atoms with Crippen molar-refractivity contribution < 1.29 is 47.8 Å². The third kappa shape index (κ3) is 19.2. The number of methoxy groups -OCH3 is 1. The molecule has 0 aliphatic rings. The average Bonchev–Trinajstić information content (AvgIpc) is 2.44. The molecule has 0 unspecified atom stereocenters. The molecule has 0 aromatic heterocycles. The van der Waals surface area contributed by atoms with Gasteiger partial charge in [0.1, 0.15) is 6.29 Å². The van der Waals surface area contributed by atoms with E-state index in [0.717, 1.165) is 0 Å². The van der Waals surface area contributed by atoms with Gasteiger partial charge in [0.2, 0.25) is 5.78 Å². The number of ether oxygens (including phenoxy) is 1. The number of aldehydes is 1. The number of Topliss-reactive ketones (excluding diaryl/α,β-unsaturated/α-hetero) is 1. The first-order valence-electron chi connectivity index (χ1n) is 6.80. The van der Waals surface area contributed by atoms with Gasteiger partial charge in [0.15, 0.2) is 6.29 Å². The van der Waals surface area contributed by atoms with E-state index in [2.05, 4.69) is 10.1 Å². The van der Waals surface area contributed by atoms with Crippen molar-refractivity contribution in [3.05, 3.63) is 0 Å². The van der Waals surface area contributed by atoms with Crippen LogP contribution in [0.3, 0.4) is 0 Å². The summed E-state index contributed by atoms with van der Waals surface area (Å²) in [5.41, 5.74) is 0. The molecule has 0 bridgehead atoms. The molecule has 0 spiro atoms. The Morgan fingerprint density at radius 2 is 1.68 bits per heavy atom. The highest BCUT2D eigenvalue weighted by atomic mass is 31.2. The zero-order chi connectivity index (χ0) is 20.3. The molecular weight excluding hydrogens is 382 g/mol. The van der Waals surface area contributed by atoms with Gasteiger partial charge in [0.25, 0.3) is 0 Å². The highest BCUT2D eigenvalue weighted by Gasteiger charge is 2.22. The number of esters is 1. The third-order valence-electron chi connectivity index (χ3n) is 2.40. The summed E-state index contributed by atoms with van der Waals surface area (Å²) < 4.78 is 25.1. The third-order valence-corrected chi connectivity index (χ3v) is 3.77. The largest absolute Gasteiger partial charge is 0.468 e. The van der Waals surface area contributed by atoms with Gasteiger partial charge in [0.05, 0.1) is 26.5 Å². The first-order valence-corrected chi connectivity index (χ1v) is 10.4. The van der Waals surface area contributed by atoms with Crippen molar-refractivity contribution >= 4 is 33.2 Å². The SMILES string of the molecule is CC(C)N(CC(=O)C=O)CP(=O)(O)O.COC(=O)CNCP(=O)(O)O. The van der Waals surface area contributed by atoms with Crippen molar-refractivity contribution in [1.29, 1.82) is 0 Å². The van der Waals surface area contributed by atoms with E-state index in [4.69, 9.17) is 19.6 Å². The molecule has 12 nitrogen and oxygen atoms in total. The zero-order valence-electron chi connectivity index (χ0n) is 14.1. The molecule has 0 heterocycles. The Morgan fingerprint density at radius 3 is 2.00 bits per heavy atom. The van der Waals surface area contributed by atoms with Gasteiger partial charge in [-0.05, 0) is 13.8 Å². The number of nitrogens with zero attached hydrogens (tertiary/aromatic N) is 1. The van der Waals surface area contributed by atoms with Crippen LogP contribution in [0.4, 0.5) is 0 Å². The molecule has 0 amide bonds. The summed E-state index contributed by atoms with van der Waals surface area (Å²) in [4.78, 5) is 66.4. The number of ketones is 1. The minimum atomic E-state index is -4.18. The van der Waals surface area contributed by atoms with Gasteiger partial charge in [-0.15, -0.1) is 0 Å². The van der Waals surface area contributed by atoms with Gasteiger partial charge in [0, 0.05) is 6.04 Å². The molecule has 0 aliphatic heterocycles. The summed E-state index contributed by atoms with van der Waals surface area (Å²) in [5.74, 6) is -1.24. The lowest BCUT2D eigenvalue weighted by Crippen LogP contribution is -2.36. The summed E-state index contributed by atoms with van der Waals surface area (Å²) >= 11 is 0. The summed E-state index contributed by atoms with van der Waals surface area (Å²) in [5, 5.41) is 2.24. The van der Waals surface area contributed by atoms with E-state index in [1.165, 1.54) is 12.0 Å². The van der Waals surface area contributed by atoms with E-state index in [9.17, 15) is 23.5 Å². The number of carbonyl (C=O) groups excluding carboxylic acids is 3. The number of nitrogens with one attached hydrogen (secondary N) is 1. The molecule has 0 saturated carbocycles. The van der Waals surface area contributed by atoms with Crippen LogP contribution in [0, 0.1) is 0 Å². The van der Waals surface area contributed by atoms with Crippen LogP contribution in [0.5, 0.6) is 0 Å². The van der Waals surface area contributed by atoms with Gasteiger partial charge in [-0.1, -0.05) is 0 Å². The van der Waals surface area contributed by atoms with Crippen molar-refractivity contribution in [2.24, 2.45) is 0 Å². The van der Waals surface area contributed by atoms with Crippen LogP contribution in [0.25, 0.3) is 0 Å². The number of hydrogen-bond acceptors (Lipinski definition) is 8. The number of rotatable bonds is 10. The van der Waals surface area contributed by atoms with E-state index < -0.39 is 39.5 Å². The monoisotopic (exact) mass is 406 g/mol. The topological polar surface area (TPSA) is 191 Å². The summed E-state index contributed by atoms with van der Waals surface area (Å²) in [6.07, 6.45) is -0.874. The summed E-state index contributed by atoms with van der Waals surface area (Å²) in [6.45, 7) is 2.93. The lowest BCUT2D eigenvalue weighted by atomic mass is 10.3. The average molecular weight is 406 g/mol. The molecule has 0 fully saturated rings. The fourth-order valence-electron chi connectivity index (χ4n) is 1.25. The maximum atomic E-state index is 10.7. The molecule has 0 atom stereocenters. The van der Waals surface area contributed by atoms with Crippen LogP contribution in [0.15, 0.2) is 0 Å². The van der Waals surface area contributed by atoms with Crippen molar-refractivity contribution in [3.63, 3.8) is 0 Å². The molecule has 14 heteroatoms. The van der Waals surface area contributed by atoms with Crippen LogP contribution in [0.2, 0.25) is 0 Å². The minimum Gasteiger partial charge on any atom is -0.468 e. The molecule has 0 saturated heterocycles. The number of hydrogen-bond donors (Lipinski definition) is 5. The van der Waals surface area contributed by atoms with Crippen LogP contribution in [-0.4, -0.2) is 81.3 Å². The molecule has 148 valence electrons. The molecular formula is C11H24N2O10P2. The Bertz CT molecular complexity index is 527. The fourth-order valence-corrected chi connectivity index (χ4v) is 2.55. The molecule has 0 aromatic rings. The zero-order valence-corrected chi connectivity index (χ0v) is 15.9. The first-order chi connectivity index (χ1) is 11.2. The Labute approximate surface area is 144 Å². The Hall–Kier alpha value is -0.970. The van der Waals surface area contributed by atoms with Gasteiger partial charge >= 0.3 is 21.2 Å². The van der Waals surface area contributed by atoms with Crippen LogP contribution in [0.1, 0.15) is 13.8 Å². The summed E-state index contributed by atoms with van der Waals surface area (Å²) in [6, 6.07) is -0.202. The fraction of sp³-hybridized carbons (Fsp3) is 0.727. The quantitative estimate of drug-likeness (QED) is 0.122. The smallest absolute Gasteiger partial charge is 0.339 e. The second kappa shape index (κ2) is 12.4. The second-order valence-corrected chi connectivity index (χ2v) is 8.31. The number of carbonyl (C=O) groups is 3. The van der Waals surface area contributed by atoms with Crippen LogP contribution in [-0.2, 0) is 28.3 Å². The Kier molecular flexibility index (Phi) is 13.0. The predicted molar refractivity (Wildman–Crippen MR) is 86.8 cm³/mol. The molecule has 0 aliphatic carbocycles. The Morgan fingerprint density at radius 1 is 1.16 bits per heavy atom. The first kappa shape index (κ1) is 26.3. The van der Waals surface area contributed by atoms with E-state index >= 15 is 0 Å². The highest BCUT2D eigenvalue weighted by molar-refractivity contribution is 7.51. The Balaban J connectivity index is 0. The van der Waals surface area contributed by atoms with Crippen LogP contribution < -0.4 is 5.32 Å². The van der Waals surface area contributed by atoms with Crippen LogP contribution >= 0.6 is 15.2 Å².